The molecule has 0 aromatic heterocycles. The maximum absolute atomic E-state index is 2.71. The van der Waals surface area contributed by atoms with Crippen molar-refractivity contribution < 1.29 is 0 Å². The van der Waals surface area contributed by atoms with E-state index in [2.05, 4.69) is 25.7 Å². The van der Waals surface area contributed by atoms with Gasteiger partial charge in [-0.15, -0.1) is 0 Å². The Kier molecular flexibility index (Phi) is 4.79. The largest absolute Gasteiger partial charge is 0.298 e. The van der Waals surface area contributed by atoms with E-state index in [1.165, 1.54) is 45.1 Å². The maximum Gasteiger partial charge on any atom is 0.00979 e. The predicted molar refractivity (Wildman–Crippen MR) is 59.0 cm³/mol. The van der Waals surface area contributed by atoms with Crippen molar-refractivity contribution in [3.8, 4) is 0 Å². The molecule has 0 bridgehead atoms. The molecule has 0 saturated heterocycles. The van der Waals surface area contributed by atoms with Crippen molar-refractivity contribution in [2.24, 2.45) is 0 Å². The van der Waals surface area contributed by atoms with Crippen molar-refractivity contribution in [1.82, 2.24) is 4.90 Å². The highest BCUT2D eigenvalue weighted by Crippen LogP contribution is 2.24. The minimum absolute atomic E-state index is 0.739. The van der Waals surface area contributed by atoms with Crippen LogP contribution in [-0.2, 0) is 0 Å². The Morgan fingerprint density at radius 1 is 1.15 bits per heavy atom. The van der Waals surface area contributed by atoms with Gasteiger partial charge >= 0.3 is 0 Å². The normalized spacial score (nSPS) is 20.1. The monoisotopic (exact) mass is 183 g/mol. The third kappa shape index (κ3) is 3.30. The van der Waals surface area contributed by atoms with E-state index in [1.54, 1.807) is 0 Å². The minimum atomic E-state index is 0.739. The van der Waals surface area contributed by atoms with Gasteiger partial charge in [0.25, 0.3) is 0 Å². The van der Waals surface area contributed by atoms with Gasteiger partial charge in [0.2, 0.25) is 0 Å². The van der Waals surface area contributed by atoms with Gasteiger partial charge in [-0.05, 0) is 39.7 Å². The molecule has 0 spiro atoms. The molecular weight excluding hydrogens is 158 g/mol. The molecule has 0 atom stereocenters. The van der Waals surface area contributed by atoms with Crippen molar-refractivity contribution in [2.45, 2.75) is 71.4 Å². The molecule has 0 unspecified atom stereocenters. The molecule has 13 heavy (non-hydrogen) atoms. The Balaban J connectivity index is 2.41. The summed E-state index contributed by atoms with van der Waals surface area (Å²) >= 11 is 0. The summed E-state index contributed by atoms with van der Waals surface area (Å²) in [5.74, 6) is 0. The van der Waals surface area contributed by atoms with Crippen LogP contribution < -0.4 is 0 Å². The van der Waals surface area contributed by atoms with Gasteiger partial charge in [-0.3, -0.25) is 4.90 Å². The summed E-state index contributed by atoms with van der Waals surface area (Å²) in [6.45, 7) is 8.26. The van der Waals surface area contributed by atoms with Crippen molar-refractivity contribution in [2.75, 3.05) is 6.54 Å². The first kappa shape index (κ1) is 11.0. The summed E-state index contributed by atoms with van der Waals surface area (Å²) in [6, 6.07) is 1.64. The Labute approximate surface area is 83.5 Å². The molecule has 0 aromatic carbocycles. The molecule has 0 amide bonds. The second-order valence-electron chi connectivity index (χ2n) is 4.62. The van der Waals surface area contributed by atoms with Crippen molar-refractivity contribution in [1.29, 1.82) is 0 Å². The summed E-state index contributed by atoms with van der Waals surface area (Å²) in [5, 5.41) is 0. The van der Waals surface area contributed by atoms with E-state index in [-0.39, 0.29) is 0 Å². The molecule has 1 aliphatic carbocycles. The molecular formula is C12H25N. The van der Waals surface area contributed by atoms with E-state index < -0.39 is 0 Å². The van der Waals surface area contributed by atoms with Gasteiger partial charge in [0.1, 0.15) is 0 Å². The Hall–Kier alpha value is -0.0400. The molecule has 1 rings (SSSR count). The molecule has 0 radical (unpaired) electrons. The standard InChI is InChI=1S/C12H25N/c1-4-10-13(11(2)3)12-8-6-5-7-9-12/h11-12H,4-10H2,1-3H3. The molecule has 1 aliphatic rings. The lowest BCUT2D eigenvalue weighted by Crippen LogP contribution is -2.41. The zero-order chi connectivity index (χ0) is 9.68. The first-order valence-corrected chi connectivity index (χ1v) is 6.01. The Morgan fingerprint density at radius 3 is 2.23 bits per heavy atom. The molecule has 1 heteroatoms. The van der Waals surface area contributed by atoms with Gasteiger partial charge in [0, 0.05) is 12.1 Å². The molecule has 0 aromatic rings. The van der Waals surface area contributed by atoms with Crippen LogP contribution in [0.15, 0.2) is 0 Å². The first-order valence-electron chi connectivity index (χ1n) is 6.01. The van der Waals surface area contributed by atoms with Crippen LogP contribution in [0.4, 0.5) is 0 Å². The van der Waals surface area contributed by atoms with E-state index in [0.29, 0.717) is 0 Å². The highest BCUT2D eigenvalue weighted by atomic mass is 15.2. The second-order valence-corrected chi connectivity index (χ2v) is 4.62. The third-order valence-electron chi connectivity index (χ3n) is 3.19. The molecule has 1 nitrogen and oxygen atoms in total. The van der Waals surface area contributed by atoms with E-state index >= 15 is 0 Å². The van der Waals surface area contributed by atoms with Crippen LogP contribution in [0.5, 0.6) is 0 Å². The molecule has 0 N–H and O–H groups in total. The summed E-state index contributed by atoms with van der Waals surface area (Å²) in [7, 11) is 0. The van der Waals surface area contributed by atoms with Crippen molar-refractivity contribution in [3.05, 3.63) is 0 Å². The summed E-state index contributed by atoms with van der Waals surface area (Å²) in [5.41, 5.74) is 0. The molecule has 1 saturated carbocycles. The smallest absolute Gasteiger partial charge is 0.00979 e. The topological polar surface area (TPSA) is 3.24 Å². The Bertz CT molecular complexity index is 125. The van der Waals surface area contributed by atoms with Crippen molar-refractivity contribution in [3.63, 3.8) is 0 Å². The fourth-order valence-corrected chi connectivity index (χ4v) is 2.53. The minimum Gasteiger partial charge on any atom is -0.298 e. The fourth-order valence-electron chi connectivity index (χ4n) is 2.53. The third-order valence-corrected chi connectivity index (χ3v) is 3.19. The van der Waals surface area contributed by atoms with Gasteiger partial charge in [-0.1, -0.05) is 26.2 Å². The summed E-state index contributed by atoms with van der Waals surface area (Å²) < 4.78 is 0. The average molecular weight is 183 g/mol. The Morgan fingerprint density at radius 2 is 1.77 bits per heavy atom. The average Bonchev–Trinajstić information content (AvgIpc) is 2.15. The lowest BCUT2D eigenvalue weighted by molar-refractivity contribution is 0.121. The van der Waals surface area contributed by atoms with E-state index in [0.717, 1.165) is 12.1 Å². The van der Waals surface area contributed by atoms with Gasteiger partial charge < -0.3 is 0 Å². The van der Waals surface area contributed by atoms with E-state index in [4.69, 9.17) is 0 Å². The van der Waals surface area contributed by atoms with E-state index in [1.807, 2.05) is 0 Å². The van der Waals surface area contributed by atoms with Crippen molar-refractivity contribution >= 4 is 0 Å². The van der Waals surface area contributed by atoms with Crippen LogP contribution in [0.1, 0.15) is 59.3 Å². The lowest BCUT2D eigenvalue weighted by atomic mass is 9.93. The van der Waals surface area contributed by atoms with Gasteiger partial charge in [0.15, 0.2) is 0 Å². The summed E-state index contributed by atoms with van der Waals surface area (Å²) in [6.07, 6.45) is 8.56. The lowest BCUT2D eigenvalue weighted by Gasteiger charge is -2.37. The first-order chi connectivity index (χ1) is 6.25. The highest BCUT2D eigenvalue weighted by molar-refractivity contribution is 4.77. The molecule has 0 aliphatic heterocycles. The maximum atomic E-state index is 2.71. The fraction of sp³-hybridized carbons (Fsp3) is 1.00. The quantitative estimate of drug-likeness (QED) is 0.645. The SMILES string of the molecule is CCCN(C(C)C)C1CCCCC1. The van der Waals surface area contributed by atoms with Crippen LogP contribution in [-0.4, -0.2) is 23.5 Å². The predicted octanol–water partition coefficient (Wildman–Crippen LogP) is 3.44. The van der Waals surface area contributed by atoms with Crippen LogP contribution in [0.3, 0.4) is 0 Å². The van der Waals surface area contributed by atoms with Gasteiger partial charge in [0.05, 0.1) is 0 Å². The number of nitrogens with zero attached hydrogens (tertiary/aromatic N) is 1. The summed E-state index contributed by atoms with van der Waals surface area (Å²) in [4.78, 5) is 2.71. The highest BCUT2D eigenvalue weighted by Gasteiger charge is 2.21. The molecule has 1 fully saturated rings. The van der Waals surface area contributed by atoms with Gasteiger partial charge in [-0.25, -0.2) is 0 Å². The van der Waals surface area contributed by atoms with Gasteiger partial charge in [-0.2, -0.15) is 0 Å². The number of rotatable bonds is 4. The zero-order valence-electron chi connectivity index (χ0n) is 9.55. The van der Waals surface area contributed by atoms with Crippen LogP contribution >= 0.6 is 0 Å². The molecule has 78 valence electrons. The number of hydrogen-bond acceptors (Lipinski definition) is 1. The number of hydrogen-bond donors (Lipinski definition) is 0. The van der Waals surface area contributed by atoms with E-state index in [9.17, 15) is 0 Å². The zero-order valence-corrected chi connectivity index (χ0v) is 9.55. The van der Waals surface area contributed by atoms with Crippen LogP contribution in [0.2, 0.25) is 0 Å². The van der Waals surface area contributed by atoms with Crippen LogP contribution in [0.25, 0.3) is 0 Å². The second kappa shape index (κ2) is 5.64. The molecule has 0 heterocycles. The van der Waals surface area contributed by atoms with Crippen LogP contribution in [0, 0.1) is 0 Å².